The van der Waals surface area contributed by atoms with Gasteiger partial charge in [0.25, 0.3) is 0 Å². The van der Waals surface area contributed by atoms with E-state index in [2.05, 4.69) is 65.4 Å². The molecule has 0 bridgehead atoms. The van der Waals surface area contributed by atoms with Crippen LogP contribution in [0.15, 0.2) is 36.7 Å². The Balaban J connectivity index is 1.48. The molecule has 0 unspecified atom stereocenters. The quantitative estimate of drug-likeness (QED) is 0.579. The van der Waals surface area contributed by atoms with Crippen molar-refractivity contribution >= 4 is 10.9 Å². The summed E-state index contributed by atoms with van der Waals surface area (Å²) in [7, 11) is 0. The molecule has 0 fully saturated rings. The lowest BCUT2D eigenvalue weighted by molar-refractivity contribution is 0.516. The van der Waals surface area contributed by atoms with Crippen LogP contribution in [0.25, 0.3) is 10.9 Å². The van der Waals surface area contributed by atoms with E-state index in [1.54, 1.807) is 0 Å². The second-order valence-electron chi connectivity index (χ2n) is 6.36. The van der Waals surface area contributed by atoms with Crippen LogP contribution in [0.1, 0.15) is 43.9 Å². The van der Waals surface area contributed by atoms with Gasteiger partial charge in [-0.3, -0.25) is 4.68 Å². The number of aryl methyl sites for hydroxylation is 4. The van der Waals surface area contributed by atoms with Crippen LogP contribution in [0.5, 0.6) is 0 Å². The maximum absolute atomic E-state index is 4.24. The first-order chi connectivity index (χ1) is 11.3. The standard InChI is InChI=1S/C19H26N4/c1-3-4-7-18-15-23(21-20-18)12-6-5-11-22-13-10-17-14-16(2)8-9-19(17)22/h8-10,13-15H,3-7,11-12H2,1-2H3. The van der Waals surface area contributed by atoms with Crippen molar-refractivity contribution in [1.82, 2.24) is 19.6 Å². The van der Waals surface area contributed by atoms with Gasteiger partial charge in [-0.2, -0.15) is 0 Å². The van der Waals surface area contributed by atoms with E-state index in [1.165, 1.54) is 29.3 Å². The summed E-state index contributed by atoms with van der Waals surface area (Å²) in [4.78, 5) is 0. The third kappa shape index (κ3) is 4.01. The van der Waals surface area contributed by atoms with Gasteiger partial charge in [0.1, 0.15) is 0 Å². The predicted molar refractivity (Wildman–Crippen MR) is 94.5 cm³/mol. The zero-order valence-corrected chi connectivity index (χ0v) is 14.2. The van der Waals surface area contributed by atoms with Crippen molar-refractivity contribution in [2.45, 2.75) is 59.0 Å². The van der Waals surface area contributed by atoms with Gasteiger partial charge in [-0.15, -0.1) is 5.10 Å². The van der Waals surface area contributed by atoms with Crippen LogP contribution in [0.4, 0.5) is 0 Å². The summed E-state index contributed by atoms with van der Waals surface area (Å²) in [5.41, 5.74) is 3.78. The lowest BCUT2D eigenvalue weighted by atomic mass is 10.2. The number of unbranched alkanes of at least 4 members (excludes halogenated alkanes) is 2. The molecule has 1 aromatic carbocycles. The van der Waals surface area contributed by atoms with Crippen molar-refractivity contribution in [2.24, 2.45) is 0 Å². The van der Waals surface area contributed by atoms with Gasteiger partial charge in [0, 0.05) is 31.0 Å². The molecule has 3 rings (SSSR count). The maximum Gasteiger partial charge on any atom is 0.0827 e. The van der Waals surface area contributed by atoms with Crippen LogP contribution in [-0.2, 0) is 19.5 Å². The first-order valence-corrected chi connectivity index (χ1v) is 8.71. The lowest BCUT2D eigenvalue weighted by Gasteiger charge is -2.06. The summed E-state index contributed by atoms with van der Waals surface area (Å²) in [5.74, 6) is 0. The van der Waals surface area contributed by atoms with Crippen LogP contribution in [0, 0.1) is 6.92 Å². The Hall–Kier alpha value is -2.10. The molecule has 0 N–H and O–H groups in total. The van der Waals surface area contributed by atoms with Crippen molar-refractivity contribution in [3.63, 3.8) is 0 Å². The Morgan fingerprint density at radius 1 is 1.04 bits per heavy atom. The van der Waals surface area contributed by atoms with Gasteiger partial charge in [0.15, 0.2) is 0 Å². The largest absolute Gasteiger partial charge is 0.347 e. The highest BCUT2D eigenvalue weighted by Gasteiger charge is 2.02. The second-order valence-corrected chi connectivity index (χ2v) is 6.36. The minimum Gasteiger partial charge on any atom is -0.347 e. The summed E-state index contributed by atoms with van der Waals surface area (Å²) >= 11 is 0. The molecule has 3 aromatic rings. The molecule has 0 atom stereocenters. The van der Waals surface area contributed by atoms with E-state index in [0.717, 1.165) is 38.0 Å². The fraction of sp³-hybridized carbons (Fsp3) is 0.474. The van der Waals surface area contributed by atoms with Gasteiger partial charge in [-0.1, -0.05) is 30.2 Å². The first-order valence-electron chi connectivity index (χ1n) is 8.71. The monoisotopic (exact) mass is 310 g/mol. The molecule has 0 saturated carbocycles. The number of hydrogen-bond donors (Lipinski definition) is 0. The Kier molecular flexibility index (Phi) is 5.11. The zero-order chi connectivity index (χ0) is 16.1. The highest BCUT2D eigenvalue weighted by atomic mass is 15.4. The highest BCUT2D eigenvalue weighted by Crippen LogP contribution is 2.18. The molecule has 2 aromatic heterocycles. The Bertz CT molecular complexity index is 754. The van der Waals surface area contributed by atoms with E-state index in [4.69, 9.17) is 0 Å². The number of benzene rings is 1. The van der Waals surface area contributed by atoms with Gasteiger partial charge >= 0.3 is 0 Å². The number of nitrogens with zero attached hydrogens (tertiary/aromatic N) is 4. The van der Waals surface area contributed by atoms with Crippen LogP contribution < -0.4 is 0 Å². The minimum atomic E-state index is 0.956. The first kappa shape index (κ1) is 15.8. The molecular weight excluding hydrogens is 284 g/mol. The molecular formula is C19H26N4. The van der Waals surface area contributed by atoms with Gasteiger partial charge in [-0.05, 0) is 56.2 Å². The third-order valence-electron chi connectivity index (χ3n) is 4.34. The summed E-state index contributed by atoms with van der Waals surface area (Å²) in [6.07, 6.45) is 10.0. The van der Waals surface area contributed by atoms with Crippen molar-refractivity contribution in [1.29, 1.82) is 0 Å². The molecule has 0 saturated heterocycles. The van der Waals surface area contributed by atoms with Crippen molar-refractivity contribution < 1.29 is 0 Å². The fourth-order valence-electron chi connectivity index (χ4n) is 2.99. The van der Waals surface area contributed by atoms with Crippen LogP contribution >= 0.6 is 0 Å². The van der Waals surface area contributed by atoms with E-state index in [0.29, 0.717) is 0 Å². The topological polar surface area (TPSA) is 35.6 Å². The Labute approximate surface area is 138 Å². The lowest BCUT2D eigenvalue weighted by Crippen LogP contribution is -2.02. The van der Waals surface area contributed by atoms with Gasteiger partial charge in [-0.25, -0.2) is 0 Å². The molecule has 0 amide bonds. The summed E-state index contributed by atoms with van der Waals surface area (Å²) < 4.78 is 4.34. The molecule has 0 aliphatic rings. The smallest absolute Gasteiger partial charge is 0.0827 e. The number of rotatable bonds is 8. The molecule has 2 heterocycles. The molecule has 0 spiro atoms. The average molecular weight is 310 g/mol. The molecule has 23 heavy (non-hydrogen) atoms. The molecule has 0 radical (unpaired) electrons. The normalized spacial score (nSPS) is 11.4. The fourth-order valence-corrected chi connectivity index (χ4v) is 2.99. The maximum atomic E-state index is 4.24. The van der Waals surface area contributed by atoms with E-state index in [1.807, 2.05) is 4.68 Å². The number of hydrogen-bond acceptors (Lipinski definition) is 2. The number of fused-ring (bicyclic) bond motifs is 1. The summed E-state index contributed by atoms with van der Waals surface area (Å²) in [5, 5.41) is 9.80. The van der Waals surface area contributed by atoms with Crippen LogP contribution in [0.3, 0.4) is 0 Å². The number of aromatic nitrogens is 4. The van der Waals surface area contributed by atoms with E-state index >= 15 is 0 Å². The van der Waals surface area contributed by atoms with Crippen molar-refractivity contribution in [3.8, 4) is 0 Å². The molecule has 4 nitrogen and oxygen atoms in total. The van der Waals surface area contributed by atoms with E-state index < -0.39 is 0 Å². The minimum absolute atomic E-state index is 0.956. The Morgan fingerprint density at radius 3 is 2.78 bits per heavy atom. The molecule has 122 valence electrons. The van der Waals surface area contributed by atoms with Gasteiger partial charge in [0.2, 0.25) is 0 Å². The molecule has 4 heteroatoms. The van der Waals surface area contributed by atoms with E-state index in [9.17, 15) is 0 Å². The van der Waals surface area contributed by atoms with Gasteiger partial charge < -0.3 is 4.57 Å². The van der Waals surface area contributed by atoms with E-state index in [-0.39, 0.29) is 0 Å². The van der Waals surface area contributed by atoms with Crippen molar-refractivity contribution in [2.75, 3.05) is 0 Å². The predicted octanol–water partition coefficient (Wildman–Crippen LogP) is 4.36. The summed E-state index contributed by atoms with van der Waals surface area (Å²) in [6, 6.07) is 8.87. The third-order valence-corrected chi connectivity index (χ3v) is 4.34. The molecule has 0 aliphatic carbocycles. The molecule has 0 aliphatic heterocycles. The Morgan fingerprint density at radius 2 is 1.91 bits per heavy atom. The second kappa shape index (κ2) is 7.44. The van der Waals surface area contributed by atoms with Gasteiger partial charge in [0.05, 0.1) is 5.69 Å². The zero-order valence-electron chi connectivity index (χ0n) is 14.2. The summed E-state index contributed by atoms with van der Waals surface area (Å²) in [6.45, 7) is 6.36. The average Bonchev–Trinajstić information content (AvgIpc) is 3.16. The SMILES string of the molecule is CCCCc1cn(CCCCn2ccc3cc(C)ccc32)nn1. The van der Waals surface area contributed by atoms with Crippen LogP contribution in [-0.4, -0.2) is 19.6 Å². The van der Waals surface area contributed by atoms with Crippen molar-refractivity contribution in [3.05, 3.63) is 47.9 Å². The highest BCUT2D eigenvalue weighted by molar-refractivity contribution is 5.80. The van der Waals surface area contributed by atoms with Crippen LogP contribution in [0.2, 0.25) is 0 Å².